The summed E-state index contributed by atoms with van der Waals surface area (Å²) < 4.78 is 0. The highest BCUT2D eigenvalue weighted by Gasteiger charge is 2.16. The van der Waals surface area contributed by atoms with Gasteiger partial charge < -0.3 is 4.90 Å². The van der Waals surface area contributed by atoms with Crippen LogP contribution in [-0.2, 0) is 4.79 Å². The SMILES string of the molecule is Cc1ccc(N(CCC#N)C(=O)CSc2ccccc2Cl)cc1. The second-order valence-corrected chi connectivity index (χ2v) is 6.43. The van der Waals surface area contributed by atoms with Gasteiger partial charge in [-0.2, -0.15) is 5.26 Å². The van der Waals surface area contributed by atoms with Crippen molar-refractivity contribution in [2.24, 2.45) is 0 Å². The van der Waals surface area contributed by atoms with E-state index in [1.807, 2.05) is 55.5 Å². The van der Waals surface area contributed by atoms with Gasteiger partial charge in [0.15, 0.2) is 0 Å². The molecule has 3 nitrogen and oxygen atoms in total. The first-order valence-electron chi connectivity index (χ1n) is 7.23. The van der Waals surface area contributed by atoms with E-state index >= 15 is 0 Å². The third-order valence-electron chi connectivity index (χ3n) is 3.28. The molecule has 0 radical (unpaired) electrons. The van der Waals surface area contributed by atoms with Crippen molar-refractivity contribution in [1.29, 1.82) is 5.26 Å². The molecule has 0 spiro atoms. The normalized spacial score (nSPS) is 10.1. The van der Waals surface area contributed by atoms with Crippen LogP contribution in [-0.4, -0.2) is 18.2 Å². The molecule has 0 bridgehead atoms. The highest BCUT2D eigenvalue weighted by molar-refractivity contribution is 8.00. The lowest BCUT2D eigenvalue weighted by atomic mass is 10.2. The van der Waals surface area contributed by atoms with Gasteiger partial charge in [0.2, 0.25) is 5.91 Å². The van der Waals surface area contributed by atoms with Gasteiger partial charge >= 0.3 is 0 Å². The van der Waals surface area contributed by atoms with Gasteiger partial charge in [-0.25, -0.2) is 0 Å². The molecule has 5 heteroatoms. The summed E-state index contributed by atoms with van der Waals surface area (Å²) in [7, 11) is 0. The van der Waals surface area contributed by atoms with E-state index in [0.717, 1.165) is 16.1 Å². The lowest BCUT2D eigenvalue weighted by Gasteiger charge is -2.22. The second kappa shape index (κ2) is 8.61. The maximum Gasteiger partial charge on any atom is 0.237 e. The van der Waals surface area contributed by atoms with E-state index in [4.69, 9.17) is 16.9 Å². The monoisotopic (exact) mass is 344 g/mol. The summed E-state index contributed by atoms with van der Waals surface area (Å²) in [5.41, 5.74) is 1.95. The van der Waals surface area contributed by atoms with E-state index in [-0.39, 0.29) is 11.7 Å². The van der Waals surface area contributed by atoms with Gasteiger partial charge in [-0.1, -0.05) is 41.4 Å². The Morgan fingerprint density at radius 1 is 1.22 bits per heavy atom. The molecular formula is C18H17ClN2OS. The van der Waals surface area contributed by atoms with Crippen LogP contribution in [0.4, 0.5) is 5.69 Å². The molecule has 0 aromatic heterocycles. The van der Waals surface area contributed by atoms with Crippen molar-refractivity contribution in [3.05, 3.63) is 59.1 Å². The fraction of sp³-hybridized carbons (Fsp3) is 0.222. The van der Waals surface area contributed by atoms with E-state index in [2.05, 4.69) is 6.07 Å². The maximum absolute atomic E-state index is 12.6. The molecule has 2 aromatic carbocycles. The van der Waals surface area contributed by atoms with Crippen molar-refractivity contribution in [2.45, 2.75) is 18.2 Å². The first kappa shape index (κ1) is 17.4. The van der Waals surface area contributed by atoms with E-state index in [0.29, 0.717) is 18.0 Å². The Morgan fingerprint density at radius 2 is 1.91 bits per heavy atom. The van der Waals surface area contributed by atoms with Crippen molar-refractivity contribution in [2.75, 3.05) is 17.2 Å². The van der Waals surface area contributed by atoms with Crippen molar-refractivity contribution >= 4 is 35.0 Å². The fourth-order valence-corrected chi connectivity index (χ4v) is 3.18. The molecule has 1 amide bonds. The molecule has 2 aromatic rings. The highest BCUT2D eigenvalue weighted by Crippen LogP contribution is 2.27. The Bertz CT molecular complexity index is 710. The van der Waals surface area contributed by atoms with Crippen LogP contribution in [0.1, 0.15) is 12.0 Å². The Kier molecular flexibility index (Phi) is 6.52. The molecule has 0 saturated heterocycles. The van der Waals surface area contributed by atoms with Crippen LogP contribution in [0.5, 0.6) is 0 Å². The molecule has 0 atom stereocenters. The van der Waals surface area contributed by atoms with Gasteiger partial charge in [-0.15, -0.1) is 11.8 Å². The van der Waals surface area contributed by atoms with Gasteiger partial charge in [0.25, 0.3) is 0 Å². The van der Waals surface area contributed by atoms with E-state index < -0.39 is 0 Å². The maximum atomic E-state index is 12.6. The summed E-state index contributed by atoms with van der Waals surface area (Å²) in [6, 6.07) is 17.3. The largest absolute Gasteiger partial charge is 0.311 e. The molecule has 0 heterocycles. The van der Waals surface area contributed by atoms with Crippen molar-refractivity contribution in [1.82, 2.24) is 0 Å². The number of nitriles is 1. The van der Waals surface area contributed by atoms with Gasteiger partial charge in [-0.05, 0) is 31.2 Å². The zero-order valence-electron chi connectivity index (χ0n) is 12.8. The first-order valence-corrected chi connectivity index (χ1v) is 8.59. The van der Waals surface area contributed by atoms with E-state index in [1.165, 1.54) is 11.8 Å². The minimum atomic E-state index is -0.0333. The number of hydrogen-bond acceptors (Lipinski definition) is 3. The van der Waals surface area contributed by atoms with Gasteiger partial charge in [0, 0.05) is 17.1 Å². The fourth-order valence-electron chi connectivity index (χ4n) is 2.06. The number of anilines is 1. The number of benzene rings is 2. The van der Waals surface area contributed by atoms with Crippen molar-refractivity contribution in [3.8, 4) is 6.07 Å². The predicted octanol–water partition coefficient (Wildman–Crippen LogP) is 4.69. The van der Waals surface area contributed by atoms with E-state index in [9.17, 15) is 4.79 Å². The molecule has 0 saturated carbocycles. The topological polar surface area (TPSA) is 44.1 Å². The summed E-state index contributed by atoms with van der Waals surface area (Å²) in [5.74, 6) is 0.247. The summed E-state index contributed by atoms with van der Waals surface area (Å²) in [6.07, 6.45) is 0.302. The number of amides is 1. The van der Waals surface area contributed by atoms with Crippen molar-refractivity contribution in [3.63, 3.8) is 0 Å². The number of hydrogen-bond donors (Lipinski definition) is 0. The molecule has 0 aliphatic rings. The smallest absolute Gasteiger partial charge is 0.237 e. The summed E-state index contributed by atoms with van der Waals surface area (Å²) in [5, 5.41) is 9.46. The van der Waals surface area contributed by atoms with Gasteiger partial charge in [0.05, 0.1) is 23.3 Å². The Balaban J connectivity index is 2.09. The molecular weight excluding hydrogens is 328 g/mol. The van der Waals surface area contributed by atoms with Crippen LogP contribution in [0.25, 0.3) is 0 Å². The number of halogens is 1. The zero-order chi connectivity index (χ0) is 16.7. The minimum absolute atomic E-state index is 0.0333. The van der Waals surface area contributed by atoms with E-state index in [1.54, 1.807) is 4.90 Å². The summed E-state index contributed by atoms with van der Waals surface area (Å²) in [4.78, 5) is 15.1. The number of thioether (sulfide) groups is 1. The average Bonchev–Trinajstić information content (AvgIpc) is 2.56. The molecule has 0 fully saturated rings. The van der Waals surface area contributed by atoms with Gasteiger partial charge in [-0.3, -0.25) is 4.79 Å². The lowest BCUT2D eigenvalue weighted by molar-refractivity contribution is -0.116. The quantitative estimate of drug-likeness (QED) is 0.714. The Hall–Kier alpha value is -1.96. The highest BCUT2D eigenvalue weighted by atomic mass is 35.5. The molecule has 118 valence electrons. The summed E-state index contributed by atoms with van der Waals surface area (Å²) in [6.45, 7) is 2.39. The molecule has 0 unspecified atom stereocenters. The van der Waals surface area contributed by atoms with Crippen LogP contribution < -0.4 is 4.90 Å². The standard InChI is InChI=1S/C18H17ClN2OS/c1-14-7-9-15(10-8-14)21(12-4-11-20)18(22)13-23-17-6-3-2-5-16(17)19/h2-3,5-10H,4,12-13H2,1H3. The lowest BCUT2D eigenvalue weighted by Crippen LogP contribution is -2.33. The van der Waals surface area contributed by atoms with Gasteiger partial charge in [0.1, 0.15) is 0 Å². The Labute approximate surface area is 145 Å². The predicted molar refractivity (Wildman–Crippen MR) is 95.9 cm³/mol. The average molecular weight is 345 g/mol. The minimum Gasteiger partial charge on any atom is -0.311 e. The molecule has 0 N–H and O–H groups in total. The second-order valence-electron chi connectivity index (χ2n) is 5.01. The van der Waals surface area contributed by atoms with Crippen LogP contribution >= 0.6 is 23.4 Å². The van der Waals surface area contributed by atoms with Crippen molar-refractivity contribution < 1.29 is 4.79 Å². The first-order chi connectivity index (χ1) is 11.1. The number of carbonyl (C=O) groups is 1. The molecule has 0 aliphatic heterocycles. The third kappa shape index (κ3) is 5.02. The number of nitrogens with zero attached hydrogens (tertiary/aromatic N) is 2. The number of carbonyl (C=O) groups excluding carboxylic acids is 1. The Morgan fingerprint density at radius 3 is 2.57 bits per heavy atom. The molecule has 0 aliphatic carbocycles. The number of aryl methyl sites for hydroxylation is 1. The van der Waals surface area contributed by atoms with Crippen LogP contribution in [0.3, 0.4) is 0 Å². The van der Waals surface area contributed by atoms with Crippen LogP contribution in [0.15, 0.2) is 53.4 Å². The third-order valence-corrected chi connectivity index (χ3v) is 4.78. The molecule has 2 rings (SSSR count). The number of rotatable bonds is 6. The van der Waals surface area contributed by atoms with Crippen LogP contribution in [0, 0.1) is 18.3 Å². The van der Waals surface area contributed by atoms with Crippen LogP contribution in [0.2, 0.25) is 5.02 Å². The molecule has 23 heavy (non-hydrogen) atoms. The zero-order valence-corrected chi connectivity index (χ0v) is 14.4. The summed E-state index contributed by atoms with van der Waals surface area (Å²) >= 11 is 7.53.